The summed E-state index contributed by atoms with van der Waals surface area (Å²) in [6.07, 6.45) is 6.86. The first-order valence-corrected chi connectivity index (χ1v) is 6.54. The van der Waals surface area contributed by atoms with Crippen molar-refractivity contribution in [3.63, 3.8) is 0 Å². The van der Waals surface area contributed by atoms with Gasteiger partial charge in [-0.2, -0.15) is 0 Å². The van der Waals surface area contributed by atoms with Crippen LogP contribution in [-0.4, -0.2) is 0 Å². The van der Waals surface area contributed by atoms with Gasteiger partial charge in [0.25, 0.3) is 0 Å². The van der Waals surface area contributed by atoms with Crippen LogP contribution in [0.5, 0.6) is 0 Å². The predicted molar refractivity (Wildman–Crippen MR) is 66.8 cm³/mol. The topological polar surface area (TPSA) is 0 Å². The quantitative estimate of drug-likeness (QED) is 0.499. The van der Waals surface area contributed by atoms with Gasteiger partial charge < -0.3 is 0 Å². The lowest BCUT2D eigenvalue weighted by atomic mass is 9.48. The van der Waals surface area contributed by atoms with Crippen molar-refractivity contribution in [2.24, 2.45) is 22.7 Å². The molecule has 0 radical (unpaired) electrons. The fourth-order valence-electron chi connectivity index (χ4n) is 3.83. The van der Waals surface area contributed by atoms with Crippen molar-refractivity contribution in [1.29, 1.82) is 0 Å². The minimum Gasteiger partial charge on any atom is -0.0996 e. The van der Waals surface area contributed by atoms with Crippen molar-refractivity contribution in [3.05, 3.63) is 12.2 Å². The van der Waals surface area contributed by atoms with E-state index in [0.717, 1.165) is 11.8 Å². The van der Waals surface area contributed by atoms with Crippen LogP contribution in [0.1, 0.15) is 59.8 Å². The third kappa shape index (κ3) is 1.57. The molecule has 0 amide bonds. The summed E-state index contributed by atoms with van der Waals surface area (Å²) in [5, 5.41) is 0. The molecule has 2 atom stereocenters. The van der Waals surface area contributed by atoms with Crippen molar-refractivity contribution in [1.82, 2.24) is 0 Å². The highest BCUT2D eigenvalue weighted by Gasteiger charge is 2.50. The molecule has 0 aromatic rings. The molecule has 0 heteroatoms. The molecule has 86 valence electrons. The minimum absolute atomic E-state index is 0.485. The Morgan fingerprint density at radius 3 is 2.47 bits per heavy atom. The Hall–Kier alpha value is -0.260. The van der Waals surface area contributed by atoms with Gasteiger partial charge in [0.1, 0.15) is 0 Å². The summed E-state index contributed by atoms with van der Waals surface area (Å²) >= 11 is 0. The van der Waals surface area contributed by atoms with Gasteiger partial charge in [0.05, 0.1) is 0 Å². The van der Waals surface area contributed by atoms with E-state index in [1.54, 1.807) is 5.57 Å². The van der Waals surface area contributed by atoms with Crippen LogP contribution in [0.2, 0.25) is 0 Å². The summed E-state index contributed by atoms with van der Waals surface area (Å²) in [7, 11) is 0. The Kier molecular flexibility index (Phi) is 2.52. The van der Waals surface area contributed by atoms with Crippen LogP contribution in [0, 0.1) is 22.7 Å². The maximum atomic E-state index is 4.31. The van der Waals surface area contributed by atoms with Crippen molar-refractivity contribution < 1.29 is 0 Å². The predicted octanol–water partition coefficient (Wildman–Crippen LogP) is 4.81. The summed E-state index contributed by atoms with van der Waals surface area (Å²) < 4.78 is 0. The van der Waals surface area contributed by atoms with Crippen LogP contribution in [-0.2, 0) is 0 Å². The van der Waals surface area contributed by atoms with E-state index in [0.29, 0.717) is 10.8 Å². The van der Waals surface area contributed by atoms with Gasteiger partial charge in [0, 0.05) is 0 Å². The lowest BCUT2D eigenvalue weighted by molar-refractivity contribution is -0.0476. The molecule has 0 aliphatic heterocycles. The van der Waals surface area contributed by atoms with Gasteiger partial charge in [-0.1, -0.05) is 39.8 Å². The molecule has 2 rings (SSSR count). The SMILES string of the molecule is C=C1CCCC2C1CCC(C)(C)C2(C)C. The third-order valence-electron chi connectivity index (χ3n) is 5.77. The molecule has 15 heavy (non-hydrogen) atoms. The van der Waals surface area contributed by atoms with Crippen LogP contribution in [0.3, 0.4) is 0 Å². The number of rotatable bonds is 0. The third-order valence-corrected chi connectivity index (χ3v) is 5.77. The molecule has 0 nitrogen and oxygen atoms in total. The first kappa shape index (κ1) is 11.2. The van der Waals surface area contributed by atoms with Crippen molar-refractivity contribution in [3.8, 4) is 0 Å². The first-order valence-electron chi connectivity index (χ1n) is 6.54. The largest absolute Gasteiger partial charge is 0.0996 e. The zero-order valence-corrected chi connectivity index (χ0v) is 10.9. The van der Waals surface area contributed by atoms with Crippen molar-refractivity contribution in [2.75, 3.05) is 0 Å². The lowest BCUT2D eigenvalue weighted by Gasteiger charge is -2.56. The van der Waals surface area contributed by atoms with Gasteiger partial charge in [-0.3, -0.25) is 0 Å². The maximum absolute atomic E-state index is 4.31. The maximum Gasteiger partial charge on any atom is -0.0172 e. The van der Waals surface area contributed by atoms with Crippen molar-refractivity contribution in [2.45, 2.75) is 59.8 Å². The van der Waals surface area contributed by atoms with E-state index >= 15 is 0 Å². The second-order valence-corrected chi connectivity index (χ2v) is 6.91. The fraction of sp³-hybridized carbons (Fsp3) is 0.867. The van der Waals surface area contributed by atoms with E-state index in [4.69, 9.17) is 0 Å². The monoisotopic (exact) mass is 206 g/mol. The van der Waals surface area contributed by atoms with Gasteiger partial charge in [0.2, 0.25) is 0 Å². The molecule has 2 aliphatic carbocycles. The standard InChI is InChI=1S/C15H26/c1-11-7-6-8-13-12(11)9-10-14(2,3)15(13,4)5/h12-13H,1,6-10H2,2-5H3. The number of hydrogen-bond acceptors (Lipinski definition) is 0. The highest BCUT2D eigenvalue weighted by Crippen LogP contribution is 2.59. The zero-order chi connectivity index (χ0) is 11.3. The Labute approximate surface area is 95.1 Å². The van der Waals surface area contributed by atoms with E-state index in [9.17, 15) is 0 Å². The number of fused-ring (bicyclic) bond motifs is 1. The molecule has 0 aromatic heterocycles. The molecule has 0 bridgehead atoms. The Bertz CT molecular complexity index is 270. The van der Waals surface area contributed by atoms with E-state index in [1.165, 1.54) is 32.1 Å². The summed E-state index contributed by atoms with van der Waals surface area (Å²) in [5.74, 6) is 1.73. The summed E-state index contributed by atoms with van der Waals surface area (Å²) in [5.41, 5.74) is 2.54. The van der Waals surface area contributed by atoms with Gasteiger partial charge in [0.15, 0.2) is 0 Å². The molecule has 2 fully saturated rings. The fourth-order valence-corrected chi connectivity index (χ4v) is 3.83. The van der Waals surface area contributed by atoms with Gasteiger partial charge in [-0.05, 0) is 54.8 Å². The van der Waals surface area contributed by atoms with Gasteiger partial charge in [-0.25, -0.2) is 0 Å². The summed E-state index contributed by atoms with van der Waals surface area (Å²) in [4.78, 5) is 0. The summed E-state index contributed by atoms with van der Waals surface area (Å²) in [6.45, 7) is 14.2. The molecule has 0 saturated heterocycles. The number of allylic oxidation sites excluding steroid dienone is 1. The first-order chi connectivity index (χ1) is 6.86. The molecular formula is C15H26. The van der Waals surface area contributed by atoms with Crippen LogP contribution in [0.4, 0.5) is 0 Å². The molecule has 2 unspecified atom stereocenters. The highest BCUT2D eigenvalue weighted by molar-refractivity contribution is 5.13. The smallest absolute Gasteiger partial charge is 0.0172 e. The van der Waals surface area contributed by atoms with E-state index in [2.05, 4.69) is 34.3 Å². The molecule has 0 aromatic carbocycles. The van der Waals surface area contributed by atoms with Gasteiger partial charge in [-0.15, -0.1) is 0 Å². The molecule has 0 heterocycles. The van der Waals surface area contributed by atoms with Crippen LogP contribution < -0.4 is 0 Å². The Morgan fingerprint density at radius 1 is 1.13 bits per heavy atom. The average Bonchev–Trinajstić information content (AvgIpc) is 2.13. The average molecular weight is 206 g/mol. The minimum atomic E-state index is 0.485. The van der Waals surface area contributed by atoms with E-state index < -0.39 is 0 Å². The van der Waals surface area contributed by atoms with E-state index in [1.807, 2.05) is 0 Å². The lowest BCUT2D eigenvalue weighted by Crippen LogP contribution is -2.48. The normalized spacial score (nSPS) is 38.5. The molecule has 0 N–H and O–H groups in total. The second kappa shape index (κ2) is 3.37. The van der Waals surface area contributed by atoms with Crippen LogP contribution in [0.25, 0.3) is 0 Å². The summed E-state index contributed by atoms with van der Waals surface area (Å²) in [6, 6.07) is 0. The molecule has 2 saturated carbocycles. The van der Waals surface area contributed by atoms with Gasteiger partial charge >= 0.3 is 0 Å². The second-order valence-electron chi connectivity index (χ2n) is 6.91. The van der Waals surface area contributed by atoms with Crippen molar-refractivity contribution >= 4 is 0 Å². The van der Waals surface area contributed by atoms with E-state index in [-0.39, 0.29) is 0 Å². The zero-order valence-electron chi connectivity index (χ0n) is 10.9. The highest BCUT2D eigenvalue weighted by atomic mass is 14.5. The Balaban J connectivity index is 2.29. The molecular weight excluding hydrogens is 180 g/mol. The number of hydrogen-bond donors (Lipinski definition) is 0. The van der Waals surface area contributed by atoms with Crippen LogP contribution in [0.15, 0.2) is 12.2 Å². The van der Waals surface area contributed by atoms with Crippen LogP contribution >= 0.6 is 0 Å². The molecule has 0 spiro atoms. The Morgan fingerprint density at radius 2 is 1.80 bits per heavy atom. The molecule has 2 aliphatic rings.